The number of nitrogens with one attached hydrogen (secondary N) is 2. The molecule has 2 aliphatic heterocycles. The monoisotopic (exact) mass is 429 g/mol. The molecule has 4 aromatic rings. The number of carbonyl (C=O) groups is 1. The minimum absolute atomic E-state index is 0.0322. The maximum atomic E-state index is 12.5. The molecule has 2 atom stereocenters. The minimum atomic E-state index is -0.435. The maximum absolute atomic E-state index is 12.5. The van der Waals surface area contributed by atoms with Gasteiger partial charge in [-0.3, -0.25) is 4.79 Å². The summed E-state index contributed by atoms with van der Waals surface area (Å²) in [4.78, 5) is 20.0. The Kier molecular flexibility index (Phi) is 4.73. The van der Waals surface area contributed by atoms with Crippen LogP contribution in [0, 0.1) is 0 Å². The van der Waals surface area contributed by atoms with Gasteiger partial charge in [-0.15, -0.1) is 0 Å². The Morgan fingerprint density at radius 2 is 1.94 bits per heavy atom. The molecule has 32 heavy (non-hydrogen) atoms. The van der Waals surface area contributed by atoms with Crippen molar-refractivity contribution >= 4 is 44.4 Å². The summed E-state index contributed by atoms with van der Waals surface area (Å²) in [6.07, 6.45) is 1.07. The number of pyridine rings is 1. The van der Waals surface area contributed by atoms with Crippen LogP contribution in [0.5, 0.6) is 0 Å². The van der Waals surface area contributed by atoms with E-state index in [2.05, 4.69) is 62.6 Å². The molecule has 1 unspecified atom stereocenters. The second-order valence-corrected chi connectivity index (χ2v) is 8.83. The van der Waals surface area contributed by atoms with E-state index in [1.165, 1.54) is 22.1 Å². The number of anilines is 1. The van der Waals surface area contributed by atoms with Crippen LogP contribution in [0.3, 0.4) is 0 Å². The smallest absolute Gasteiger partial charge is 0.237 e. The van der Waals surface area contributed by atoms with Crippen molar-refractivity contribution in [2.75, 3.05) is 31.1 Å². The molecule has 2 aliphatic rings. The zero-order chi connectivity index (χ0) is 21.7. The predicted octanol–water partition coefficient (Wildman–Crippen LogP) is 2.39. The first kappa shape index (κ1) is 19.5. The number of carbonyl (C=O) groups excluding carboxylic acids is 1. The van der Waals surface area contributed by atoms with E-state index in [-0.39, 0.29) is 11.9 Å². The lowest BCUT2D eigenvalue weighted by Gasteiger charge is -2.25. The van der Waals surface area contributed by atoms with Crippen molar-refractivity contribution in [3.8, 4) is 0 Å². The number of aliphatic hydroxyl groups excluding tert-OH is 1. The van der Waals surface area contributed by atoms with Gasteiger partial charge in [0.1, 0.15) is 0 Å². The summed E-state index contributed by atoms with van der Waals surface area (Å²) >= 11 is 0. The highest BCUT2D eigenvalue weighted by Gasteiger charge is 2.28. The average molecular weight is 430 g/mol. The first-order valence-electron chi connectivity index (χ1n) is 11.4. The number of aryl methyl sites for hydroxylation is 1. The standard InChI is InChI=1S/C25H27N5O2/c31-16-14-20(27-15-16)25(32)26-10-13-29-11-5-12-30-21-9-4-2-7-18(21)22-24(30)23(29)17-6-1-3-8-19(17)28-22/h1-4,6-9,16,20,27,31H,5,10-15H2,(H,26,32)/t16-,20?/m1/s1. The predicted molar refractivity (Wildman–Crippen MR) is 127 cm³/mol. The average Bonchev–Trinajstić information content (AvgIpc) is 3.32. The molecule has 0 spiro atoms. The van der Waals surface area contributed by atoms with E-state index >= 15 is 0 Å². The van der Waals surface area contributed by atoms with E-state index in [4.69, 9.17) is 4.98 Å². The molecular formula is C25H27N5O2. The summed E-state index contributed by atoms with van der Waals surface area (Å²) in [5, 5.41) is 18.2. The van der Waals surface area contributed by atoms with E-state index in [9.17, 15) is 9.90 Å². The van der Waals surface area contributed by atoms with Gasteiger partial charge in [-0.05, 0) is 25.0 Å². The van der Waals surface area contributed by atoms with Crippen molar-refractivity contribution in [1.82, 2.24) is 20.2 Å². The van der Waals surface area contributed by atoms with Gasteiger partial charge < -0.3 is 25.2 Å². The van der Waals surface area contributed by atoms with Gasteiger partial charge in [0.25, 0.3) is 0 Å². The van der Waals surface area contributed by atoms with Crippen molar-refractivity contribution in [2.45, 2.75) is 31.5 Å². The van der Waals surface area contributed by atoms with Crippen molar-refractivity contribution in [1.29, 1.82) is 0 Å². The molecule has 1 saturated heterocycles. The molecule has 0 radical (unpaired) electrons. The molecule has 7 nitrogen and oxygen atoms in total. The number of aliphatic hydroxyl groups is 1. The van der Waals surface area contributed by atoms with Gasteiger partial charge in [0.2, 0.25) is 5.91 Å². The maximum Gasteiger partial charge on any atom is 0.237 e. The number of benzene rings is 2. The fourth-order valence-electron chi connectivity index (χ4n) is 5.32. The first-order chi connectivity index (χ1) is 15.7. The molecule has 7 heteroatoms. The van der Waals surface area contributed by atoms with Crippen molar-refractivity contribution < 1.29 is 9.90 Å². The SMILES string of the molecule is O=C(NCCN1CCCn2c3ccccc3c3nc4ccccc4c1c32)C1C[C@@H](O)CN1. The molecule has 164 valence electrons. The number of para-hydroxylation sites is 2. The first-order valence-corrected chi connectivity index (χ1v) is 11.4. The number of nitrogens with zero attached hydrogens (tertiary/aromatic N) is 3. The van der Waals surface area contributed by atoms with Crippen LogP contribution in [0.4, 0.5) is 5.69 Å². The largest absolute Gasteiger partial charge is 0.392 e. The third-order valence-electron chi connectivity index (χ3n) is 6.79. The van der Waals surface area contributed by atoms with Crippen LogP contribution in [-0.2, 0) is 11.3 Å². The highest BCUT2D eigenvalue weighted by Crippen LogP contribution is 2.40. The molecule has 2 aromatic carbocycles. The highest BCUT2D eigenvalue weighted by molar-refractivity contribution is 6.16. The summed E-state index contributed by atoms with van der Waals surface area (Å²) in [5.74, 6) is -0.0322. The fraction of sp³-hybridized carbons (Fsp3) is 0.360. The molecule has 0 saturated carbocycles. The summed E-state index contributed by atoms with van der Waals surface area (Å²) in [6, 6.07) is 16.6. The van der Waals surface area contributed by atoms with Crippen LogP contribution in [0.15, 0.2) is 48.5 Å². The van der Waals surface area contributed by atoms with E-state index in [0.717, 1.165) is 42.5 Å². The lowest BCUT2D eigenvalue weighted by Crippen LogP contribution is -2.43. The molecular weight excluding hydrogens is 402 g/mol. The van der Waals surface area contributed by atoms with Gasteiger partial charge in [-0.1, -0.05) is 36.4 Å². The topological polar surface area (TPSA) is 82.4 Å². The number of hydrogen-bond acceptors (Lipinski definition) is 5. The number of fused-ring (bicyclic) bond motifs is 5. The lowest BCUT2D eigenvalue weighted by molar-refractivity contribution is -0.122. The Morgan fingerprint density at radius 1 is 1.12 bits per heavy atom. The van der Waals surface area contributed by atoms with Gasteiger partial charge in [0.05, 0.1) is 39.9 Å². The van der Waals surface area contributed by atoms with E-state index in [1.807, 2.05) is 6.07 Å². The zero-order valence-corrected chi connectivity index (χ0v) is 17.9. The molecule has 0 aliphatic carbocycles. The Hall–Kier alpha value is -3.16. The van der Waals surface area contributed by atoms with Crippen LogP contribution >= 0.6 is 0 Å². The fourth-order valence-corrected chi connectivity index (χ4v) is 5.32. The van der Waals surface area contributed by atoms with E-state index < -0.39 is 6.10 Å². The summed E-state index contributed by atoms with van der Waals surface area (Å²) in [5.41, 5.74) is 5.68. The second kappa shape index (κ2) is 7.76. The number of hydrogen-bond donors (Lipinski definition) is 3. The molecule has 2 aromatic heterocycles. The van der Waals surface area contributed by atoms with Crippen LogP contribution in [0.1, 0.15) is 12.8 Å². The summed E-state index contributed by atoms with van der Waals surface area (Å²) in [6.45, 7) is 3.64. The Balaban J connectivity index is 1.39. The minimum Gasteiger partial charge on any atom is -0.392 e. The van der Waals surface area contributed by atoms with Gasteiger partial charge >= 0.3 is 0 Å². The molecule has 1 fully saturated rings. The highest BCUT2D eigenvalue weighted by atomic mass is 16.3. The van der Waals surface area contributed by atoms with Crippen molar-refractivity contribution in [2.24, 2.45) is 0 Å². The Bertz CT molecular complexity index is 1330. The molecule has 0 bridgehead atoms. The van der Waals surface area contributed by atoms with Crippen molar-refractivity contribution in [3.63, 3.8) is 0 Å². The molecule has 6 rings (SSSR count). The van der Waals surface area contributed by atoms with E-state index in [1.54, 1.807) is 0 Å². The lowest BCUT2D eigenvalue weighted by atomic mass is 10.1. The number of rotatable bonds is 4. The Labute approximate surface area is 186 Å². The van der Waals surface area contributed by atoms with Gasteiger partial charge in [-0.2, -0.15) is 0 Å². The van der Waals surface area contributed by atoms with Crippen LogP contribution < -0.4 is 15.5 Å². The third kappa shape index (κ3) is 3.12. The Morgan fingerprint density at radius 3 is 2.78 bits per heavy atom. The van der Waals surface area contributed by atoms with Crippen LogP contribution in [0.2, 0.25) is 0 Å². The van der Waals surface area contributed by atoms with Crippen molar-refractivity contribution in [3.05, 3.63) is 48.5 Å². The normalized spacial score (nSPS) is 20.8. The molecule has 4 heterocycles. The molecule has 3 N–H and O–H groups in total. The number of β-amino-alcohol motifs (C(OH)–C–C–N with tert-alkyl or cyclic N) is 1. The third-order valence-corrected chi connectivity index (χ3v) is 6.79. The van der Waals surface area contributed by atoms with Gasteiger partial charge in [0, 0.05) is 43.5 Å². The summed E-state index contributed by atoms with van der Waals surface area (Å²) < 4.78 is 2.42. The van der Waals surface area contributed by atoms with Crippen LogP contribution in [0.25, 0.3) is 32.8 Å². The second-order valence-electron chi connectivity index (χ2n) is 8.83. The summed E-state index contributed by atoms with van der Waals surface area (Å²) in [7, 11) is 0. The van der Waals surface area contributed by atoms with Gasteiger partial charge in [0.15, 0.2) is 0 Å². The van der Waals surface area contributed by atoms with Gasteiger partial charge in [-0.25, -0.2) is 4.98 Å². The van der Waals surface area contributed by atoms with E-state index in [0.29, 0.717) is 19.5 Å². The number of aromatic nitrogens is 2. The van der Waals surface area contributed by atoms with Crippen LogP contribution in [-0.4, -0.2) is 58.9 Å². The zero-order valence-electron chi connectivity index (χ0n) is 17.9. The molecule has 1 amide bonds. The number of amides is 1. The quantitative estimate of drug-likeness (QED) is 0.464.